The Bertz CT molecular complexity index is 1210. The minimum Gasteiger partial charge on any atom is -0.489 e. The molecule has 8 heteroatoms. The SMILES string of the molecule is O=C(Nc1cccc(S(=O)(=O)N2CCCC2)c1)c1cccc(OCc2ccc(F)cc2)c1. The molecule has 0 atom stereocenters. The molecule has 0 radical (unpaired) electrons. The van der Waals surface area contributed by atoms with Crippen LogP contribution in [0.25, 0.3) is 0 Å². The van der Waals surface area contributed by atoms with Gasteiger partial charge in [-0.1, -0.05) is 24.3 Å². The average Bonchev–Trinajstić information content (AvgIpc) is 3.35. The maximum absolute atomic E-state index is 13.0. The number of carbonyl (C=O) groups excluding carboxylic acids is 1. The highest BCUT2D eigenvalue weighted by atomic mass is 32.2. The monoisotopic (exact) mass is 454 g/mol. The maximum atomic E-state index is 13.0. The molecule has 6 nitrogen and oxygen atoms in total. The predicted octanol–water partition coefficient (Wildman–Crippen LogP) is 4.44. The second-order valence-corrected chi connectivity index (χ2v) is 9.47. The number of carbonyl (C=O) groups is 1. The van der Waals surface area contributed by atoms with Gasteiger partial charge in [-0.2, -0.15) is 4.31 Å². The van der Waals surface area contributed by atoms with Gasteiger partial charge in [0, 0.05) is 24.3 Å². The van der Waals surface area contributed by atoms with Gasteiger partial charge in [0.2, 0.25) is 10.0 Å². The van der Waals surface area contributed by atoms with Gasteiger partial charge in [0.05, 0.1) is 4.90 Å². The Kier molecular flexibility index (Phi) is 6.53. The van der Waals surface area contributed by atoms with Gasteiger partial charge in [0.25, 0.3) is 5.91 Å². The summed E-state index contributed by atoms with van der Waals surface area (Å²) >= 11 is 0. The zero-order chi connectivity index (χ0) is 22.6. The first-order valence-corrected chi connectivity index (χ1v) is 11.7. The molecular weight excluding hydrogens is 431 g/mol. The van der Waals surface area contributed by atoms with Crippen molar-refractivity contribution in [3.63, 3.8) is 0 Å². The van der Waals surface area contributed by atoms with Gasteiger partial charge < -0.3 is 10.1 Å². The van der Waals surface area contributed by atoms with Gasteiger partial charge in [-0.15, -0.1) is 0 Å². The molecule has 1 N–H and O–H groups in total. The topological polar surface area (TPSA) is 75.7 Å². The molecule has 0 aromatic heterocycles. The van der Waals surface area contributed by atoms with E-state index in [1.54, 1.807) is 48.5 Å². The highest BCUT2D eigenvalue weighted by molar-refractivity contribution is 7.89. The number of ether oxygens (including phenoxy) is 1. The standard InChI is InChI=1S/C24H23FN2O4S/c25-20-11-9-18(10-12-20)17-31-22-7-3-5-19(15-22)24(28)26-21-6-4-8-23(16-21)32(29,30)27-13-1-2-14-27/h3-12,15-16H,1-2,13-14,17H2,(H,26,28). The second kappa shape index (κ2) is 9.50. The van der Waals surface area contributed by atoms with Crippen LogP contribution in [0.15, 0.2) is 77.7 Å². The lowest BCUT2D eigenvalue weighted by molar-refractivity contribution is 0.102. The summed E-state index contributed by atoms with van der Waals surface area (Å²) in [5.41, 5.74) is 1.57. The van der Waals surface area contributed by atoms with Gasteiger partial charge in [-0.25, -0.2) is 12.8 Å². The van der Waals surface area contributed by atoms with E-state index in [0.717, 1.165) is 18.4 Å². The Labute approximate surface area is 186 Å². The van der Waals surface area contributed by atoms with Crippen molar-refractivity contribution in [1.82, 2.24) is 4.31 Å². The molecule has 32 heavy (non-hydrogen) atoms. The summed E-state index contributed by atoms with van der Waals surface area (Å²) in [6.07, 6.45) is 1.71. The highest BCUT2D eigenvalue weighted by Gasteiger charge is 2.27. The Morgan fingerprint density at radius 1 is 0.969 bits per heavy atom. The van der Waals surface area contributed by atoms with Crippen molar-refractivity contribution in [1.29, 1.82) is 0 Å². The summed E-state index contributed by atoms with van der Waals surface area (Å²) in [6, 6.07) is 18.9. The highest BCUT2D eigenvalue weighted by Crippen LogP contribution is 2.24. The zero-order valence-corrected chi connectivity index (χ0v) is 18.1. The van der Waals surface area contributed by atoms with E-state index in [4.69, 9.17) is 4.74 Å². The van der Waals surface area contributed by atoms with E-state index in [2.05, 4.69) is 5.32 Å². The Balaban J connectivity index is 1.44. The number of hydrogen-bond donors (Lipinski definition) is 1. The number of amides is 1. The fraction of sp³-hybridized carbons (Fsp3) is 0.208. The smallest absolute Gasteiger partial charge is 0.255 e. The number of sulfonamides is 1. The van der Waals surface area contributed by atoms with Gasteiger partial charge >= 0.3 is 0 Å². The fourth-order valence-electron chi connectivity index (χ4n) is 3.49. The molecule has 4 rings (SSSR count). The zero-order valence-electron chi connectivity index (χ0n) is 17.3. The van der Waals surface area contributed by atoms with E-state index in [-0.39, 0.29) is 23.2 Å². The quantitative estimate of drug-likeness (QED) is 0.573. The molecule has 1 aliphatic rings. The Morgan fingerprint density at radius 3 is 2.44 bits per heavy atom. The van der Waals surface area contributed by atoms with Crippen molar-refractivity contribution >= 4 is 21.6 Å². The summed E-state index contributed by atoms with van der Waals surface area (Å²) in [6.45, 7) is 1.27. The van der Waals surface area contributed by atoms with Gasteiger partial charge in [-0.3, -0.25) is 4.79 Å². The summed E-state index contributed by atoms with van der Waals surface area (Å²) in [7, 11) is -3.57. The van der Waals surface area contributed by atoms with Crippen molar-refractivity contribution < 1.29 is 22.3 Å². The normalized spacial score (nSPS) is 14.3. The molecule has 1 heterocycles. The van der Waals surface area contributed by atoms with Crippen LogP contribution in [0, 0.1) is 5.82 Å². The summed E-state index contributed by atoms with van der Waals surface area (Å²) in [5.74, 6) is -0.204. The average molecular weight is 455 g/mol. The molecule has 0 spiro atoms. The van der Waals surface area contributed by atoms with E-state index in [1.165, 1.54) is 28.6 Å². The van der Waals surface area contributed by atoms with Crippen LogP contribution in [-0.2, 0) is 16.6 Å². The van der Waals surface area contributed by atoms with Crippen LogP contribution in [-0.4, -0.2) is 31.7 Å². The van der Waals surface area contributed by atoms with Crippen LogP contribution in [0.2, 0.25) is 0 Å². The van der Waals surface area contributed by atoms with Crippen LogP contribution in [0.5, 0.6) is 5.75 Å². The third kappa shape index (κ3) is 5.15. The van der Waals surface area contributed by atoms with Crippen LogP contribution < -0.4 is 10.1 Å². The number of nitrogens with one attached hydrogen (secondary N) is 1. The number of halogens is 1. The van der Waals surface area contributed by atoms with E-state index in [0.29, 0.717) is 30.1 Å². The molecule has 0 saturated carbocycles. The number of benzene rings is 3. The number of rotatable bonds is 7. The summed E-state index contributed by atoms with van der Waals surface area (Å²) in [5, 5.41) is 2.75. The molecule has 1 saturated heterocycles. The number of anilines is 1. The molecule has 1 amide bonds. The minimum atomic E-state index is -3.57. The van der Waals surface area contributed by atoms with Crippen molar-refractivity contribution in [3.8, 4) is 5.75 Å². The lowest BCUT2D eigenvalue weighted by Gasteiger charge is -2.16. The maximum Gasteiger partial charge on any atom is 0.255 e. The van der Waals surface area contributed by atoms with Crippen LogP contribution in [0.1, 0.15) is 28.8 Å². The van der Waals surface area contributed by atoms with Crippen LogP contribution in [0.3, 0.4) is 0 Å². The first-order chi connectivity index (χ1) is 15.4. The molecular formula is C24H23FN2O4S. The van der Waals surface area contributed by atoms with Crippen molar-refractivity contribution in [3.05, 3.63) is 89.7 Å². The molecule has 3 aromatic rings. The molecule has 166 valence electrons. The van der Waals surface area contributed by atoms with E-state index in [9.17, 15) is 17.6 Å². The molecule has 1 fully saturated rings. The third-order valence-electron chi connectivity index (χ3n) is 5.21. The van der Waals surface area contributed by atoms with Crippen molar-refractivity contribution in [2.75, 3.05) is 18.4 Å². The lowest BCUT2D eigenvalue weighted by atomic mass is 10.2. The second-order valence-electron chi connectivity index (χ2n) is 7.54. The van der Waals surface area contributed by atoms with E-state index < -0.39 is 10.0 Å². The first kappa shape index (κ1) is 22.0. The van der Waals surface area contributed by atoms with Crippen molar-refractivity contribution in [2.45, 2.75) is 24.3 Å². The Hall–Kier alpha value is -3.23. The summed E-state index contributed by atoms with van der Waals surface area (Å²) in [4.78, 5) is 12.9. The van der Waals surface area contributed by atoms with E-state index in [1.807, 2.05) is 0 Å². The van der Waals surface area contributed by atoms with Crippen LogP contribution in [0.4, 0.5) is 10.1 Å². The summed E-state index contributed by atoms with van der Waals surface area (Å²) < 4.78 is 45.7. The van der Waals surface area contributed by atoms with Gasteiger partial charge in [0.1, 0.15) is 18.2 Å². The number of hydrogen-bond acceptors (Lipinski definition) is 4. The van der Waals surface area contributed by atoms with Crippen LogP contribution >= 0.6 is 0 Å². The Morgan fingerprint density at radius 2 is 1.69 bits per heavy atom. The first-order valence-electron chi connectivity index (χ1n) is 10.3. The van der Waals surface area contributed by atoms with Crippen molar-refractivity contribution in [2.24, 2.45) is 0 Å². The predicted molar refractivity (Wildman–Crippen MR) is 120 cm³/mol. The largest absolute Gasteiger partial charge is 0.489 e. The number of nitrogens with zero attached hydrogens (tertiary/aromatic N) is 1. The van der Waals surface area contributed by atoms with E-state index >= 15 is 0 Å². The molecule has 3 aromatic carbocycles. The minimum absolute atomic E-state index is 0.161. The van der Waals surface area contributed by atoms with Gasteiger partial charge in [-0.05, 0) is 66.9 Å². The lowest BCUT2D eigenvalue weighted by Crippen LogP contribution is -2.27. The molecule has 0 unspecified atom stereocenters. The molecule has 1 aliphatic heterocycles. The third-order valence-corrected chi connectivity index (χ3v) is 7.10. The molecule has 0 aliphatic carbocycles. The molecule has 0 bridgehead atoms. The fourth-order valence-corrected chi connectivity index (χ4v) is 5.05. The van der Waals surface area contributed by atoms with Gasteiger partial charge in [0.15, 0.2) is 0 Å².